The van der Waals surface area contributed by atoms with Gasteiger partial charge in [0.25, 0.3) is 0 Å². The Balaban J connectivity index is 0. The van der Waals surface area contributed by atoms with Crippen LogP contribution in [0.5, 0.6) is 0 Å². The number of hydrogen-bond acceptors (Lipinski definition) is 0. The average Bonchev–Trinajstić information content (AvgIpc) is 0. The zero-order chi connectivity index (χ0) is 0. The van der Waals surface area contributed by atoms with Crippen LogP contribution in [0.25, 0.3) is 0 Å². The molecule has 0 aromatic rings. The molecule has 0 fully saturated rings. The van der Waals surface area contributed by atoms with Gasteiger partial charge in [0, 0.05) is 50.3 Å². The van der Waals surface area contributed by atoms with E-state index >= 15 is 0 Å². The molecule has 0 aliphatic rings. The van der Waals surface area contributed by atoms with Crippen molar-refractivity contribution in [2.45, 2.75) is 0 Å². The van der Waals surface area contributed by atoms with E-state index in [1.54, 1.807) is 0 Å². The van der Waals surface area contributed by atoms with Gasteiger partial charge in [-0.05, 0) is 0 Å². The summed E-state index contributed by atoms with van der Waals surface area (Å²) in [5.41, 5.74) is 0. The zero-order valence-electron chi connectivity index (χ0n) is 1.03. The normalized spacial score (nSPS) is 0. The molecule has 0 aliphatic heterocycles. The van der Waals surface area contributed by atoms with Crippen molar-refractivity contribution in [1.82, 2.24) is 0 Å². The van der Waals surface area contributed by atoms with Crippen LogP contribution >= 0.6 is 0 Å². The van der Waals surface area contributed by atoms with Crippen LogP contribution in [0.2, 0.25) is 0 Å². The monoisotopic (exact) mass is 262 g/mol. The van der Waals surface area contributed by atoms with Crippen molar-refractivity contribution in [3.05, 3.63) is 0 Å². The molecule has 0 aromatic heterocycles. The predicted molar refractivity (Wildman–Crippen MR) is 8.54 cm³/mol. The summed E-state index contributed by atoms with van der Waals surface area (Å²) >= 11 is 0. The van der Waals surface area contributed by atoms with E-state index in [1.165, 1.54) is 0 Å². The Morgan fingerprint density at radius 2 is 1.00 bits per heavy atom. The summed E-state index contributed by atoms with van der Waals surface area (Å²) in [5.74, 6) is 0. The topological polar surface area (TPSA) is 0 Å². The van der Waals surface area contributed by atoms with E-state index in [0.29, 0.717) is 0 Å². The Kier molecular flexibility index (Phi) is 117. The summed E-state index contributed by atoms with van der Waals surface area (Å²) in [4.78, 5) is 0. The van der Waals surface area contributed by atoms with Gasteiger partial charge in [0.15, 0.2) is 0 Å². The second kappa shape index (κ2) is 16.7. The Morgan fingerprint density at radius 1 is 1.00 bits per heavy atom. The van der Waals surface area contributed by atoms with Crippen LogP contribution in [0.1, 0.15) is 0 Å². The predicted octanol–water partition coefficient (Wildman–Crippen LogP) is -0.924. The Hall–Kier alpha value is 3.00. The maximum atomic E-state index is 0. The second-order valence-corrected chi connectivity index (χ2v) is 0. The van der Waals surface area contributed by atoms with Crippen molar-refractivity contribution in [2.24, 2.45) is 0 Å². The van der Waals surface area contributed by atoms with Gasteiger partial charge in [0.05, 0.1) is 0 Å². The minimum absolute atomic E-state index is 0. The quantitative estimate of drug-likeness (QED) is 0.495. The molecule has 0 amide bonds. The van der Waals surface area contributed by atoms with Gasteiger partial charge in [-0.25, -0.2) is 0 Å². The first-order valence-corrected chi connectivity index (χ1v) is 0. The minimum atomic E-state index is 0. The van der Waals surface area contributed by atoms with E-state index in [-0.39, 0.29) is 95.8 Å². The van der Waals surface area contributed by atoms with Crippen molar-refractivity contribution in [3.63, 3.8) is 0 Å². The molecule has 4 heteroatoms. The first-order chi connectivity index (χ1) is 0. The Bertz CT molecular complexity index is 8.00. The summed E-state index contributed by atoms with van der Waals surface area (Å²) in [6.45, 7) is 0. The summed E-state index contributed by atoms with van der Waals surface area (Å²) in [5, 5.41) is 0. The molecule has 0 aliphatic carbocycles. The van der Waals surface area contributed by atoms with Gasteiger partial charge in [-0.3, -0.25) is 0 Å². The van der Waals surface area contributed by atoms with Crippen LogP contribution < -0.4 is 0 Å². The van der Waals surface area contributed by atoms with Gasteiger partial charge >= 0.3 is 45.5 Å². The van der Waals surface area contributed by atoms with Crippen molar-refractivity contribution < 1.29 is 50.3 Å². The van der Waals surface area contributed by atoms with Crippen molar-refractivity contribution in [1.29, 1.82) is 0 Å². The molecule has 2 radical (unpaired) electrons. The summed E-state index contributed by atoms with van der Waals surface area (Å²) in [6, 6.07) is 0. The zero-order valence-corrected chi connectivity index (χ0v) is 4.24. The molecule has 0 saturated heterocycles. The molecule has 0 saturated carbocycles. The summed E-state index contributed by atoms with van der Waals surface area (Å²) in [6.07, 6.45) is 0. The molecule has 0 spiro atoms. The van der Waals surface area contributed by atoms with Crippen LogP contribution in [0.15, 0.2) is 0 Å². The SMILES string of the molecule is [Co].[Mn].[Ni].[SrH2]. The van der Waals surface area contributed by atoms with Gasteiger partial charge in [-0.15, -0.1) is 0 Å². The first kappa shape index (κ1) is 28.0. The molecular weight excluding hydrogens is 260 g/mol. The van der Waals surface area contributed by atoms with E-state index in [1.807, 2.05) is 0 Å². The van der Waals surface area contributed by atoms with E-state index in [2.05, 4.69) is 0 Å². The maximum absolute atomic E-state index is 0. The van der Waals surface area contributed by atoms with E-state index in [4.69, 9.17) is 0 Å². The fraction of sp³-hybridized carbons (Fsp3) is 0. The second-order valence-electron chi connectivity index (χ2n) is 0. The van der Waals surface area contributed by atoms with Crippen LogP contribution in [0.3, 0.4) is 0 Å². The van der Waals surface area contributed by atoms with E-state index in [9.17, 15) is 0 Å². The number of hydrogen-bond donors (Lipinski definition) is 0. The fourth-order valence-corrected chi connectivity index (χ4v) is 0. The molecule has 4 heavy (non-hydrogen) atoms. The molecule has 0 aromatic carbocycles. The molecule has 30 valence electrons. The third-order valence-electron chi connectivity index (χ3n) is 0. The average molecular weight is 262 g/mol. The molecule has 0 unspecified atom stereocenters. The molecule has 0 rings (SSSR count). The van der Waals surface area contributed by atoms with Crippen LogP contribution in [0.4, 0.5) is 0 Å². The van der Waals surface area contributed by atoms with Crippen molar-refractivity contribution in [2.75, 3.05) is 0 Å². The molecule has 0 atom stereocenters. The first-order valence-electron chi connectivity index (χ1n) is 0. The molecule has 0 bridgehead atoms. The van der Waals surface area contributed by atoms with Crippen LogP contribution in [0, 0.1) is 0 Å². The van der Waals surface area contributed by atoms with E-state index < -0.39 is 0 Å². The standard InChI is InChI=1S/Co.Mn.Ni.Sr.2H. The third kappa shape index (κ3) is 8.89. The molecular formula is H2CoMnNiSr. The van der Waals surface area contributed by atoms with Gasteiger partial charge in [-0.2, -0.15) is 0 Å². The third-order valence-corrected chi connectivity index (χ3v) is 0. The summed E-state index contributed by atoms with van der Waals surface area (Å²) in [7, 11) is 0. The van der Waals surface area contributed by atoms with Crippen molar-refractivity contribution in [3.8, 4) is 0 Å². The molecule has 0 nitrogen and oxygen atoms in total. The molecule has 0 N–H and O–H groups in total. The van der Waals surface area contributed by atoms with E-state index in [0.717, 1.165) is 0 Å². The van der Waals surface area contributed by atoms with Gasteiger partial charge < -0.3 is 0 Å². The Morgan fingerprint density at radius 3 is 1.00 bits per heavy atom. The fourth-order valence-electron chi connectivity index (χ4n) is 0. The van der Waals surface area contributed by atoms with Gasteiger partial charge in [0.1, 0.15) is 0 Å². The van der Waals surface area contributed by atoms with Crippen molar-refractivity contribution >= 4 is 45.5 Å². The van der Waals surface area contributed by atoms with Gasteiger partial charge in [-0.1, -0.05) is 0 Å². The molecule has 0 heterocycles. The van der Waals surface area contributed by atoms with Crippen LogP contribution in [-0.2, 0) is 50.3 Å². The summed E-state index contributed by atoms with van der Waals surface area (Å²) < 4.78 is 0. The number of rotatable bonds is 0. The van der Waals surface area contributed by atoms with Gasteiger partial charge in [0.2, 0.25) is 0 Å². The van der Waals surface area contributed by atoms with Crippen LogP contribution in [-0.4, -0.2) is 45.5 Å². The Labute approximate surface area is 93.7 Å².